The normalized spacial score (nSPS) is 13.8. The van der Waals surface area contributed by atoms with E-state index in [4.69, 9.17) is 9.47 Å². The molecule has 1 fully saturated rings. The number of rotatable bonds is 9. The molecule has 0 bridgehead atoms. The highest BCUT2D eigenvalue weighted by molar-refractivity contribution is 5.88. The van der Waals surface area contributed by atoms with Gasteiger partial charge in [-0.15, -0.1) is 0 Å². The van der Waals surface area contributed by atoms with Crippen molar-refractivity contribution in [2.75, 3.05) is 56.0 Å². The van der Waals surface area contributed by atoms with Crippen LogP contribution < -0.4 is 25.6 Å². The Bertz CT molecular complexity index is 1250. The quantitative estimate of drug-likeness (QED) is 0.345. The smallest absolute Gasteiger partial charge is 0.419 e. The maximum Gasteiger partial charge on any atom is 0.419 e. The molecule has 0 spiro atoms. The SMILES string of the molecule is CNCc1cccc(Nc2cc(Nc3ccc(N4CCOCC4)cc3OC)ncc2C(F)(F)F)c1C=O. The van der Waals surface area contributed by atoms with Gasteiger partial charge in [-0.25, -0.2) is 4.98 Å². The van der Waals surface area contributed by atoms with Gasteiger partial charge in [-0.2, -0.15) is 13.2 Å². The molecule has 0 radical (unpaired) electrons. The summed E-state index contributed by atoms with van der Waals surface area (Å²) in [4.78, 5) is 17.9. The third kappa shape index (κ3) is 6.12. The molecule has 1 aliphatic rings. The van der Waals surface area contributed by atoms with E-state index in [9.17, 15) is 18.0 Å². The van der Waals surface area contributed by atoms with E-state index in [-0.39, 0.29) is 22.8 Å². The third-order valence-corrected chi connectivity index (χ3v) is 5.98. The topological polar surface area (TPSA) is 87.8 Å². The Morgan fingerprint density at radius 1 is 1.08 bits per heavy atom. The summed E-state index contributed by atoms with van der Waals surface area (Å²) in [5.41, 5.74) is 1.50. The molecule has 1 aliphatic heterocycles. The first kappa shape index (κ1) is 26.2. The molecule has 11 heteroatoms. The molecule has 3 aromatic rings. The molecule has 0 atom stereocenters. The van der Waals surface area contributed by atoms with Crippen LogP contribution in [0.2, 0.25) is 0 Å². The molecule has 8 nitrogen and oxygen atoms in total. The Morgan fingerprint density at radius 2 is 1.86 bits per heavy atom. The summed E-state index contributed by atoms with van der Waals surface area (Å²) in [5.74, 6) is 0.690. The van der Waals surface area contributed by atoms with Gasteiger partial charge in [0, 0.05) is 54.9 Å². The summed E-state index contributed by atoms with van der Waals surface area (Å²) in [5, 5.41) is 8.80. The van der Waals surface area contributed by atoms with Crippen LogP contribution >= 0.6 is 0 Å². The molecule has 37 heavy (non-hydrogen) atoms. The van der Waals surface area contributed by atoms with Crippen LogP contribution in [0, 0.1) is 0 Å². The van der Waals surface area contributed by atoms with Crippen molar-refractivity contribution in [1.82, 2.24) is 10.3 Å². The number of carbonyl (C=O) groups is 1. The number of hydrogen-bond donors (Lipinski definition) is 3. The van der Waals surface area contributed by atoms with Crippen molar-refractivity contribution < 1.29 is 27.4 Å². The maximum atomic E-state index is 13.8. The fraction of sp³-hybridized carbons (Fsp3) is 0.308. The van der Waals surface area contributed by atoms with Gasteiger partial charge in [0.25, 0.3) is 0 Å². The predicted octanol–water partition coefficient (Wildman–Crippen LogP) is 4.96. The molecular formula is C26H28F3N5O3. The molecule has 0 saturated carbocycles. The summed E-state index contributed by atoms with van der Waals surface area (Å²) in [6, 6.07) is 11.8. The van der Waals surface area contributed by atoms with E-state index in [1.165, 1.54) is 13.2 Å². The first-order chi connectivity index (χ1) is 17.8. The Labute approximate surface area is 212 Å². The highest BCUT2D eigenvalue weighted by Crippen LogP contribution is 2.39. The minimum Gasteiger partial charge on any atom is -0.494 e. The van der Waals surface area contributed by atoms with Gasteiger partial charge >= 0.3 is 6.18 Å². The number of aromatic nitrogens is 1. The monoisotopic (exact) mass is 515 g/mol. The number of anilines is 5. The molecule has 2 heterocycles. The number of hydrogen-bond acceptors (Lipinski definition) is 8. The number of nitrogens with one attached hydrogen (secondary N) is 3. The fourth-order valence-electron chi connectivity index (χ4n) is 4.14. The third-order valence-electron chi connectivity index (χ3n) is 5.98. The molecular weight excluding hydrogens is 487 g/mol. The number of carbonyl (C=O) groups excluding carboxylic acids is 1. The van der Waals surface area contributed by atoms with Crippen molar-refractivity contribution >= 4 is 34.9 Å². The van der Waals surface area contributed by atoms with Crippen LogP contribution in [-0.2, 0) is 17.5 Å². The number of halogens is 3. The van der Waals surface area contributed by atoms with Gasteiger partial charge in [-0.1, -0.05) is 12.1 Å². The van der Waals surface area contributed by atoms with Gasteiger partial charge in [-0.05, 0) is 30.8 Å². The lowest BCUT2D eigenvalue weighted by atomic mass is 10.1. The van der Waals surface area contributed by atoms with Crippen molar-refractivity contribution in [3.63, 3.8) is 0 Å². The highest BCUT2D eigenvalue weighted by atomic mass is 19.4. The van der Waals surface area contributed by atoms with Gasteiger partial charge in [0.05, 0.1) is 37.3 Å². The summed E-state index contributed by atoms with van der Waals surface area (Å²) in [6.07, 6.45) is -3.27. The molecule has 0 unspecified atom stereocenters. The summed E-state index contributed by atoms with van der Waals surface area (Å²) in [7, 11) is 3.24. The minimum absolute atomic E-state index is 0.173. The van der Waals surface area contributed by atoms with Crippen LogP contribution in [0.3, 0.4) is 0 Å². The van der Waals surface area contributed by atoms with Crippen molar-refractivity contribution in [2.24, 2.45) is 0 Å². The molecule has 4 rings (SSSR count). The minimum atomic E-state index is -4.66. The Balaban J connectivity index is 1.66. The van der Waals surface area contributed by atoms with Gasteiger partial charge in [-0.3, -0.25) is 4.79 Å². The van der Waals surface area contributed by atoms with Gasteiger partial charge in [0.15, 0.2) is 6.29 Å². The molecule has 3 N–H and O–H groups in total. The Kier molecular flexibility index (Phi) is 8.14. The van der Waals surface area contributed by atoms with Gasteiger partial charge in [0.1, 0.15) is 11.6 Å². The second-order valence-corrected chi connectivity index (χ2v) is 8.37. The molecule has 1 saturated heterocycles. The lowest BCUT2D eigenvalue weighted by Gasteiger charge is -2.29. The number of pyridine rings is 1. The first-order valence-electron chi connectivity index (χ1n) is 11.7. The maximum absolute atomic E-state index is 13.8. The number of methoxy groups -OCH3 is 1. The summed E-state index contributed by atoms with van der Waals surface area (Å²) >= 11 is 0. The van der Waals surface area contributed by atoms with Crippen molar-refractivity contribution in [3.8, 4) is 5.75 Å². The van der Waals surface area contributed by atoms with E-state index >= 15 is 0 Å². The Hall–Kier alpha value is -3.83. The number of benzene rings is 2. The second-order valence-electron chi connectivity index (χ2n) is 8.37. The fourth-order valence-corrected chi connectivity index (χ4v) is 4.14. The predicted molar refractivity (Wildman–Crippen MR) is 136 cm³/mol. The van der Waals surface area contributed by atoms with Crippen LogP contribution in [0.15, 0.2) is 48.7 Å². The van der Waals surface area contributed by atoms with Crippen LogP contribution in [-0.4, -0.2) is 51.7 Å². The molecule has 2 aromatic carbocycles. The van der Waals surface area contributed by atoms with Gasteiger partial charge in [0.2, 0.25) is 0 Å². The average molecular weight is 516 g/mol. The van der Waals surface area contributed by atoms with Crippen LogP contribution in [0.1, 0.15) is 21.5 Å². The van der Waals surface area contributed by atoms with Crippen molar-refractivity contribution in [1.29, 1.82) is 0 Å². The van der Waals surface area contributed by atoms with Gasteiger partial charge < -0.3 is 30.3 Å². The summed E-state index contributed by atoms with van der Waals surface area (Å²) < 4.78 is 52.4. The molecule has 1 aromatic heterocycles. The number of ether oxygens (including phenoxy) is 2. The van der Waals surface area contributed by atoms with Crippen molar-refractivity contribution in [3.05, 3.63) is 65.4 Å². The molecule has 0 aliphatic carbocycles. The Morgan fingerprint density at radius 3 is 2.54 bits per heavy atom. The lowest BCUT2D eigenvalue weighted by molar-refractivity contribution is -0.137. The summed E-state index contributed by atoms with van der Waals surface area (Å²) in [6.45, 7) is 3.17. The highest BCUT2D eigenvalue weighted by Gasteiger charge is 2.34. The van der Waals surface area contributed by atoms with Crippen LogP contribution in [0.4, 0.5) is 41.7 Å². The lowest BCUT2D eigenvalue weighted by Crippen LogP contribution is -2.36. The number of nitrogens with zero attached hydrogens (tertiary/aromatic N) is 2. The van der Waals surface area contributed by atoms with E-state index < -0.39 is 11.7 Å². The molecule has 0 amide bonds. The zero-order chi connectivity index (χ0) is 26.4. The van der Waals surface area contributed by atoms with E-state index in [0.29, 0.717) is 43.0 Å². The zero-order valence-corrected chi connectivity index (χ0v) is 20.5. The largest absolute Gasteiger partial charge is 0.494 e. The number of morpholine rings is 1. The standard InChI is InChI=1S/C26H28F3N5O3/c1-30-14-17-4-3-5-21(19(17)16-35)32-23-13-25(31-15-20(23)26(27,28)29)33-22-7-6-18(12-24(22)36-2)34-8-10-37-11-9-34/h3-7,12-13,15-16,30H,8-11,14H2,1-2H3,(H2,31,32,33). The van der Waals surface area contributed by atoms with Crippen LogP contribution in [0.5, 0.6) is 5.75 Å². The average Bonchev–Trinajstić information content (AvgIpc) is 2.89. The molecule has 196 valence electrons. The number of alkyl halides is 3. The van der Waals surface area contributed by atoms with Crippen molar-refractivity contribution in [2.45, 2.75) is 12.7 Å². The van der Waals surface area contributed by atoms with E-state index in [1.807, 2.05) is 12.1 Å². The van der Waals surface area contributed by atoms with E-state index in [0.717, 1.165) is 25.0 Å². The number of aldehydes is 1. The van der Waals surface area contributed by atoms with Crippen LogP contribution in [0.25, 0.3) is 0 Å². The first-order valence-corrected chi connectivity index (χ1v) is 11.7. The zero-order valence-electron chi connectivity index (χ0n) is 20.5. The second kappa shape index (κ2) is 11.5. The van der Waals surface area contributed by atoms with E-state index in [2.05, 4.69) is 25.8 Å². The van der Waals surface area contributed by atoms with E-state index in [1.54, 1.807) is 31.3 Å².